The molecule has 3 nitrogen and oxygen atoms in total. The fourth-order valence-corrected chi connectivity index (χ4v) is 3.17. The van der Waals surface area contributed by atoms with E-state index in [1.165, 1.54) is 0 Å². The first-order valence-electron chi connectivity index (χ1n) is 7.23. The maximum atomic E-state index is 12.3. The van der Waals surface area contributed by atoms with Gasteiger partial charge in [0.2, 0.25) is 0 Å². The average Bonchev–Trinajstić information content (AvgIpc) is 2.46. The zero-order valence-electron chi connectivity index (χ0n) is 13.4. The van der Waals surface area contributed by atoms with E-state index in [1.807, 2.05) is 39.0 Å². The van der Waals surface area contributed by atoms with Crippen molar-refractivity contribution in [3.8, 4) is 0 Å². The SMILES string of the molecule is CC(C)(C)c1ccccc1NS(=O)(=O)/C=C/c1ccc(Cl)cc1. The number of halogens is 1. The van der Waals surface area contributed by atoms with E-state index in [-0.39, 0.29) is 5.41 Å². The van der Waals surface area contributed by atoms with Crippen molar-refractivity contribution in [2.75, 3.05) is 4.72 Å². The number of anilines is 1. The highest BCUT2D eigenvalue weighted by atomic mass is 35.5. The molecular formula is C18H20ClNO2S. The van der Waals surface area contributed by atoms with E-state index in [4.69, 9.17) is 11.6 Å². The number of benzene rings is 2. The molecule has 0 saturated heterocycles. The Balaban J connectivity index is 2.24. The van der Waals surface area contributed by atoms with Gasteiger partial charge in [-0.25, -0.2) is 8.42 Å². The van der Waals surface area contributed by atoms with Gasteiger partial charge < -0.3 is 0 Å². The predicted molar refractivity (Wildman–Crippen MR) is 98.2 cm³/mol. The molecule has 5 heteroatoms. The quantitative estimate of drug-likeness (QED) is 0.839. The van der Waals surface area contributed by atoms with Crippen molar-refractivity contribution in [2.24, 2.45) is 0 Å². The summed E-state index contributed by atoms with van der Waals surface area (Å²) in [5.74, 6) is 0. The van der Waals surface area contributed by atoms with Crippen LogP contribution >= 0.6 is 11.6 Å². The topological polar surface area (TPSA) is 46.2 Å². The zero-order chi connectivity index (χ0) is 17.1. The Hall–Kier alpha value is -1.78. The molecule has 0 aliphatic carbocycles. The lowest BCUT2D eigenvalue weighted by molar-refractivity contribution is 0.591. The van der Waals surface area contributed by atoms with Gasteiger partial charge in [0.25, 0.3) is 10.0 Å². The minimum Gasteiger partial charge on any atom is -0.280 e. The molecule has 0 spiro atoms. The van der Waals surface area contributed by atoms with Crippen LogP contribution in [-0.4, -0.2) is 8.42 Å². The van der Waals surface area contributed by atoms with E-state index in [2.05, 4.69) is 4.72 Å². The third-order valence-electron chi connectivity index (χ3n) is 3.30. The van der Waals surface area contributed by atoms with E-state index in [0.717, 1.165) is 16.5 Å². The molecule has 2 aromatic rings. The van der Waals surface area contributed by atoms with Gasteiger partial charge in [0.05, 0.1) is 11.1 Å². The van der Waals surface area contributed by atoms with Crippen molar-refractivity contribution in [2.45, 2.75) is 26.2 Å². The molecular weight excluding hydrogens is 330 g/mol. The summed E-state index contributed by atoms with van der Waals surface area (Å²) in [7, 11) is -3.59. The second-order valence-electron chi connectivity index (χ2n) is 6.30. The van der Waals surface area contributed by atoms with Crippen LogP contribution in [0.2, 0.25) is 5.02 Å². The molecule has 0 aliphatic heterocycles. The third-order valence-corrected chi connectivity index (χ3v) is 4.55. The summed E-state index contributed by atoms with van der Waals surface area (Å²) in [4.78, 5) is 0. The molecule has 0 amide bonds. The Bertz CT molecular complexity index is 804. The molecule has 0 heterocycles. The lowest BCUT2D eigenvalue weighted by atomic mass is 9.86. The van der Waals surface area contributed by atoms with Crippen molar-refractivity contribution < 1.29 is 8.42 Å². The van der Waals surface area contributed by atoms with Gasteiger partial charge in [0.15, 0.2) is 0 Å². The summed E-state index contributed by atoms with van der Waals surface area (Å²) in [5, 5.41) is 1.78. The second kappa shape index (κ2) is 6.77. The molecule has 122 valence electrons. The van der Waals surface area contributed by atoms with Crippen molar-refractivity contribution >= 4 is 33.4 Å². The number of hydrogen-bond acceptors (Lipinski definition) is 2. The smallest absolute Gasteiger partial charge is 0.255 e. The second-order valence-corrected chi connectivity index (χ2v) is 8.30. The van der Waals surface area contributed by atoms with Crippen molar-refractivity contribution in [3.05, 3.63) is 70.1 Å². The minimum absolute atomic E-state index is 0.154. The fourth-order valence-electron chi connectivity index (χ4n) is 2.16. The van der Waals surface area contributed by atoms with Crippen LogP contribution in [0.1, 0.15) is 31.9 Å². The highest BCUT2D eigenvalue weighted by Gasteiger charge is 2.19. The van der Waals surface area contributed by atoms with Crippen LogP contribution in [0.15, 0.2) is 53.9 Å². The molecule has 0 unspecified atom stereocenters. The van der Waals surface area contributed by atoms with Gasteiger partial charge >= 0.3 is 0 Å². The Morgan fingerprint density at radius 1 is 1.00 bits per heavy atom. The largest absolute Gasteiger partial charge is 0.280 e. The van der Waals surface area contributed by atoms with Gasteiger partial charge in [-0.1, -0.05) is 62.7 Å². The molecule has 0 atom stereocenters. The number of rotatable bonds is 4. The first kappa shape index (κ1) is 17.6. The van der Waals surface area contributed by atoms with E-state index in [1.54, 1.807) is 36.4 Å². The van der Waals surface area contributed by atoms with Gasteiger partial charge in [-0.15, -0.1) is 0 Å². The van der Waals surface area contributed by atoms with Gasteiger partial charge in [-0.05, 0) is 40.8 Å². The number of sulfonamides is 1. The van der Waals surface area contributed by atoms with E-state index >= 15 is 0 Å². The molecule has 1 N–H and O–H groups in total. The maximum absolute atomic E-state index is 12.3. The molecule has 0 bridgehead atoms. The maximum Gasteiger partial charge on any atom is 0.255 e. The van der Waals surface area contributed by atoms with Gasteiger partial charge in [0, 0.05) is 5.02 Å². The molecule has 0 aliphatic rings. The molecule has 2 aromatic carbocycles. The number of hydrogen-bond donors (Lipinski definition) is 1. The van der Waals surface area contributed by atoms with E-state index in [9.17, 15) is 8.42 Å². The van der Waals surface area contributed by atoms with Crippen LogP contribution in [0.4, 0.5) is 5.69 Å². The molecule has 0 radical (unpaired) electrons. The summed E-state index contributed by atoms with van der Waals surface area (Å²) in [6, 6.07) is 14.4. The number of para-hydroxylation sites is 1. The summed E-state index contributed by atoms with van der Waals surface area (Å²) >= 11 is 5.81. The Morgan fingerprint density at radius 2 is 1.61 bits per heavy atom. The first-order valence-corrected chi connectivity index (χ1v) is 9.16. The van der Waals surface area contributed by atoms with Crippen molar-refractivity contribution in [1.29, 1.82) is 0 Å². The highest BCUT2D eigenvalue weighted by Crippen LogP contribution is 2.30. The van der Waals surface area contributed by atoms with Gasteiger partial charge in [-0.2, -0.15) is 0 Å². The monoisotopic (exact) mass is 349 g/mol. The third kappa shape index (κ3) is 5.12. The summed E-state index contributed by atoms with van der Waals surface area (Å²) < 4.78 is 27.2. The molecule has 23 heavy (non-hydrogen) atoms. The Kier molecular flexibility index (Phi) is 5.17. The van der Waals surface area contributed by atoms with Crippen LogP contribution in [0, 0.1) is 0 Å². The molecule has 2 rings (SSSR count). The average molecular weight is 350 g/mol. The first-order chi connectivity index (χ1) is 10.7. The van der Waals surface area contributed by atoms with E-state index < -0.39 is 10.0 Å². The van der Waals surface area contributed by atoms with Crippen molar-refractivity contribution in [1.82, 2.24) is 0 Å². The minimum atomic E-state index is -3.59. The number of nitrogens with one attached hydrogen (secondary N) is 1. The molecule has 0 aromatic heterocycles. The standard InChI is InChI=1S/C18H20ClNO2S/c1-18(2,3)16-6-4-5-7-17(16)20-23(21,22)13-12-14-8-10-15(19)11-9-14/h4-13,20H,1-3H3/b13-12+. The normalized spacial score (nSPS) is 12.5. The lowest BCUT2D eigenvalue weighted by Gasteiger charge is -2.22. The van der Waals surface area contributed by atoms with Gasteiger partial charge in [-0.3, -0.25) is 4.72 Å². The lowest BCUT2D eigenvalue weighted by Crippen LogP contribution is -2.17. The van der Waals surface area contributed by atoms with Crippen LogP contribution < -0.4 is 4.72 Å². The zero-order valence-corrected chi connectivity index (χ0v) is 14.9. The Labute approximate surface area is 143 Å². The van der Waals surface area contributed by atoms with Crippen LogP contribution in [0.5, 0.6) is 0 Å². The molecule has 0 fully saturated rings. The summed E-state index contributed by atoms with van der Waals surface area (Å²) in [6.45, 7) is 6.14. The molecule has 0 saturated carbocycles. The predicted octanol–water partition coefficient (Wildman–Crippen LogP) is 5.05. The van der Waals surface area contributed by atoms with E-state index in [0.29, 0.717) is 10.7 Å². The summed E-state index contributed by atoms with van der Waals surface area (Å²) in [5.41, 5.74) is 2.16. The highest BCUT2D eigenvalue weighted by molar-refractivity contribution is 7.95. The van der Waals surface area contributed by atoms with Crippen LogP contribution in [0.25, 0.3) is 6.08 Å². The van der Waals surface area contributed by atoms with Crippen LogP contribution in [-0.2, 0) is 15.4 Å². The van der Waals surface area contributed by atoms with Gasteiger partial charge in [0.1, 0.15) is 0 Å². The fraction of sp³-hybridized carbons (Fsp3) is 0.222. The van der Waals surface area contributed by atoms with Crippen LogP contribution in [0.3, 0.4) is 0 Å². The summed E-state index contributed by atoms with van der Waals surface area (Å²) in [6.07, 6.45) is 1.54. The Morgan fingerprint density at radius 3 is 2.22 bits per heavy atom. The van der Waals surface area contributed by atoms with Crippen molar-refractivity contribution in [3.63, 3.8) is 0 Å².